The second-order valence-corrected chi connectivity index (χ2v) is 7.58. The fourth-order valence-corrected chi connectivity index (χ4v) is 3.38. The van der Waals surface area contributed by atoms with Crippen LogP contribution in [0, 0.1) is 0 Å². The molecule has 1 aromatic heterocycles. The number of aryl methyl sites for hydroxylation is 1. The van der Waals surface area contributed by atoms with Crippen molar-refractivity contribution in [2.24, 2.45) is 0 Å². The second kappa shape index (κ2) is 10.4. The summed E-state index contributed by atoms with van der Waals surface area (Å²) >= 11 is 0. The van der Waals surface area contributed by atoms with Gasteiger partial charge in [-0.05, 0) is 24.6 Å². The van der Waals surface area contributed by atoms with Gasteiger partial charge >= 0.3 is 0 Å². The molecule has 7 heteroatoms. The van der Waals surface area contributed by atoms with Crippen LogP contribution >= 0.6 is 0 Å². The SMILES string of the molecule is CC(NC(=O)c1ccccc1NC(=O)CCc1nc(-c2ccccc2)no1)c1ccccc1. The van der Waals surface area contributed by atoms with Crippen LogP contribution < -0.4 is 10.6 Å². The van der Waals surface area contributed by atoms with Gasteiger partial charge in [0.2, 0.25) is 17.6 Å². The summed E-state index contributed by atoms with van der Waals surface area (Å²) in [6.07, 6.45) is 0.442. The maximum atomic E-state index is 12.9. The molecule has 1 unspecified atom stereocenters. The number of nitrogens with zero attached hydrogens (tertiary/aromatic N) is 2. The first kappa shape index (κ1) is 22.0. The van der Waals surface area contributed by atoms with Gasteiger partial charge in [-0.25, -0.2) is 0 Å². The minimum Gasteiger partial charge on any atom is -0.345 e. The molecule has 0 saturated heterocycles. The smallest absolute Gasteiger partial charge is 0.253 e. The van der Waals surface area contributed by atoms with E-state index in [2.05, 4.69) is 20.8 Å². The number of nitrogens with one attached hydrogen (secondary N) is 2. The van der Waals surface area contributed by atoms with Crippen molar-refractivity contribution in [2.45, 2.75) is 25.8 Å². The molecule has 2 amide bonds. The maximum Gasteiger partial charge on any atom is 0.253 e. The predicted molar refractivity (Wildman–Crippen MR) is 125 cm³/mol. The third-order valence-corrected chi connectivity index (χ3v) is 5.16. The Morgan fingerprint density at radius 1 is 0.909 bits per heavy atom. The van der Waals surface area contributed by atoms with Gasteiger partial charge < -0.3 is 15.2 Å². The normalized spacial score (nSPS) is 11.5. The number of amides is 2. The number of benzene rings is 3. The van der Waals surface area contributed by atoms with E-state index in [4.69, 9.17) is 4.52 Å². The summed E-state index contributed by atoms with van der Waals surface area (Å²) in [6.45, 7) is 1.92. The van der Waals surface area contributed by atoms with E-state index in [1.54, 1.807) is 24.3 Å². The maximum absolute atomic E-state index is 12.9. The predicted octanol–water partition coefficient (Wildman–Crippen LogP) is 4.80. The van der Waals surface area contributed by atoms with Gasteiger partial charge in [0.25, 0.3) is 5.91 Å². The molecule has 0 aliphatic carbocycles. The molecule has 0 bridgehead atoms. The van der Waals surface area contributed by atoms with Crippen molar-refractivity contribution < 1.29 is 14.1 Å². The molecule has 4 rings (SSSR count). The molecule has 0 fully saturated rings. The van der Waals surface area contributed by atoms with Crippen LogP contribution in [-0.4, -0.2) is 22.0 Å². The minimum atomic E-state index is -0.258. The first-order chi connectivity index (χ1) is 16.1. The van der Waals surface area contributed by atoms with Gasteiger partial charge in [0.1, 0.15) is 0 Å². The van der Waals surface area contributed by atoms with E-state index in [0.717, 1.165) is 11.1 Å². The van der Waals surface area contributed by atoms with Crippen LogP contribution in [-0.2, 0) is 11.2 Å². The molecule has 1 atom stereocenters. The summed E-state index contributed by atoms with van der Waals surface area (Å²) in [5.74, 6) is 0.366. The third kappa shape index (κ3) is 5.71. The molecule has 0 saturated carbocycles. The first-order valence-corrected chi connectivity index (χ1v) is 10.7. The highest BCUT2D eigenvalue weighted by Gasteiger charge is 2.17. The lowest BCUT2D eigenvalue weighted by Crippen LogP contribution is -2.28. The molecule has 166 valence electrons. The Balaban J connectivity index is 1.36. The lowest BCUT2D eigenvalue weighted by molar-refractivity contribution is -0.116. The Bertz CT molecular complexity index is 1220. The Morgan fingerprint density at radius 3 is 2.33 bits per heavy atom. The zero-order valence-electron chi connectivity index (χ0n) is 18.2. The van der Waals surface area contributed by atoms with Crippen molar-refractivity contribution in [1.82, 2.24) is 15.5 Å². The van der Waals surface area contributed by atoms with Crippen molar-refractivity contribution in [3.05, 3.63) is 102 Å². The number of hydrogen-bond acceptors (Lipinski definition) is 5. The van der Waals surface area contributed by atoms with Crippen molar-refractivity contribution in [2.75, 3.05) is 5.32 Å². The number of para-hydroxylation sites is 1. The average molecular weight is 441 g/mol. The zero-order valence-corrected chi connectivity index (χ0v) is 18.2. The molecule has 2 N–H and O–H groups in total. The van der Waals surface area contributed by atoms with Crippen LogP contribution in [0.5, 0.6) is 0 Å². The molecule has 0 radical (unpaired) electrons. The molecule has 0 spiro atoms. The van der Waals surface area contributed by atoms with Crippen molar-refractivity contribution in [1.29, 1.82) is 0 Å². The van der Waals surface area contributed by atoms with Crippen molar-refractivity contribution in [3.63, 3.8) is 0 Å². The third-order valence-electron chi connectivity index (χ3n) is 5.16. The number of carbonyl (C=O) groups is 2. The lowest BCUT2D eigenvalue weighted by Gasteiger charge is -2.16. The Labute approximate surface area is 191 Å². The topological polar surface area (TPSA) is 97.1 Å². The Morgan fingerprint density at radius 2 is 1.58 bits per heavy atom. The fourth-order valence-electron chi connectivity index (χ4n) is 3.38. The van der Waals surface area contributed by atoms with Gasteiger partial charge in [0.05, 0.1) is 17.3 Å². The van der Waals surface area contributed by atoms with Crippen LogP contribution in [0.1, 0.15) is 41.2 Å². The highest BCUT2D eigenvalue weighted by atomic mass is 16.5. The quantitative estimate of drug-likeness (QED) is 0.410. The van der Waals surface area contributed by atoms with E-state index in [9.17, 15) is 9.59 Å². The van der Waals surface area contributed by atoms with Gasteiger partial charge in [0.15, 0.2) is 0 Å². The fraction of sp³-hybridized carbons (Fsp3) is 0.154. The molecule has 1 heterocycles. The van der Waals surface area contributed by atoms with Gasteiger partial charge in [0, 0.05) is 18.4 Å². The number of anilines is 1. The first-order valence-electron chi connectivity index (χ1n) is 10.7. The lowest BCUT2D eigenvalue weighted by atomic mass is 10.1. The van der Waals surface area contributed by atoms with Gasteiger partial charge in [-0.3, -0.25) is 9.59 Å². The number of hydrogen-bond donors (Lipinski definition) is 2. The van der Waals surface area contributed by atoms with E-state index in [1.165, 1.54) is 0 Å². The number of carbonyl (C=O) groups excluding carboxylic acids is 2. The molecule has 4 aromatic rings. The average Bonchev–Trinajstić information content (AvgIpc) is 3.33. The van der Waals surface area contributed by atoms with E-state index < -0.39 is 0 Å². The van der Waals surface area contributed by atoms with Crippen LogP contribution in [0.2, 0.25) is 0 Å². The number of rotatable bonds is 8. The largest absolute Gasteiger partial charge is 0.345 e. The van der Waals surface area contributed by atoms with Crippen LogP contribution in [0.3, 0.4) is 0 Å². The molecule has 3 aromatic carbocycles. The van der Waals surface area contributed by atoms with Gasteiger partial charge in [-0.2, -0.15) is 4.98 Å². The molecular weight excluding hydrogens is 416 g/mol. The van der Waals surface area contributed by atoms with E-state index in [0.29, 0.717) is 29.4 Å². The summed E-state index contributed by atoms with van der Waals surface area (Å²) in [7, 11) is 0. The summed E-state index contributed by atoms with van der Waals surface area (Å²) in [5.41, 5.74) is 2.71. The van der Waals surface area contributed by atoms with Crippen molar-refractivity contribution in [3.8, 4) is 11.4 Å². The molecule has 0 aliphatic rings. The highest BCUT2D eigenvalue weighted by molar-refractivity contribution is 6.03. The van der Waals surface area contributed by atoms with Gasteiger partial charge in [-0.1, -0.05) is 78.0 Å². The summed E-state index contributed by atoms with van der Waals surface area (Å²) in [6, 6.07) is 26.0. The summed E-state index contributed by atoms with van der Waals surface area (Å²) in [4.78, 5) is 29.7. The number of aromatic nitrogens is 2. The molecule has 33 heavy (non-hydrogen) atoms. The summed E-state index contributed by atoms with van der Waals surface area (Å²) in [5, 5.41) is 9.77. The van der Waals surface area contributed by atoms with E-state index in [-0.39, 0.29) is 24.3 Å². The highest BCUT2D eigenvalue weighted by Crippen LogP contribution is 2.19. The van der Waals surface area contributed by atoms with E-state index in [1.807, 2.05) is 67.6 Å². The second-order valence-electron chi connectivity index (χ2n) is 7.58. The van der Waals surface area contributed by atoms with Crippen molar-refractivity contribution >= 4 is 17.5 Å². The van der Waals surface area contributed by atoms with Crippen LogP contribution in [0.25, 0.3) is 11.4 Å². The Hall–Kier alpha value is -4.26. The monoisotopic (exact) mass is 440 g/mol. The Kier molecular flexibility index (Phi) is 6.90. The zero-order chi connectivity index (χ0) is 23.0. The van der Waals surface area contributed by atoms with E-state index >= 15 is 0 Å². The minimum absolute atomic E-state index is 0.146. The van der Waals surface area contributed by atoms with Crippen LogP contribution in [0.15, 0.2) is 89.5 Å². The molecule has 0 aliphatic heterocycles. The van der Waals surface area contributed by atoms with Crippen LogP contribution in [0.4, 0.5) is 5.69 Å². The molecular formula is C26H24N4O3. The van der Waals surface area contributed by atoms with Gasteiger partial charge in [-0.15, -0.1) is 0 Å². The standard InChI is InChI=1S/C26H24N4O3/c1-18(19-10-4-2-5-11-19)27-26(32)21-14-8-9-15-22(21)28-23(31)16-17-24-29-25(30-33-24)20-12-6-3-7-13-20/h2-15,18H,16-17H2,1H3,(H,27,32)(H,28,31). The summed E-state index contributed by atoms with van der Waals surface area (Å²) < 4.78 is 5.26. The molecule has 7 nitrogen and oxygen atoms in total.